The Hall–Kier alpha value is -3.59. The Kier molecular flexibility index (Phi) is 4.36. The van der Waals surface area contributed by atoms with Crippen molar-refractivity contribution in [3.05, 3.63) is 65.7 Å². The highest BCUT2D eigenvalue weighted by molar-refractivity contribution is 6.23. The van der Waals surface area contributed by atoms with Crippen LogP contribution in [-0.2, 0) is 26.5 Å². The summed E-state index contributed by atoms with van der Waals surface area (Å²) in [6, 6.07) is 16.4. The van der Waals surface area contributed by atoms with Crippen LogP contribution in [0.3, 0.4) is 0 Å². The number of benzene rings is 2. The van der Waals surface area contributed by atoms with Crippen LogP contribution in [0.25, 0.3) is 0 Å². The molecular formula is C22H19N3O3. The highest BCUT2D eigenvalue weighted by atomic mass is 16.2. The molecule has 6 heteroatoms. The molecule has 0 aliphatic carbocycles. The normalized spacial score (nSPS) is 20.4. The molecule has 28 heavy (non-hydrogen) atoms. The smallest absolute Gasteiger partial charge is 0.268 e. The van der Waals surface area contributed by atoms with E-state index in [9.17, 15) is 14.4 Å². The van der Waals surface area contributed by atoms with E-state index in [0.717, 1.165) is 5.56 Å². The number of β-lactam (4-membered cyclic amide) rings is 1. The predicted molar refractivity (Wildman–Crippen MR) is 104 cm³/mol. The Labute approximate surface area is 163 Å². The summed E-state index contributed by atoms with van der Waals surface area (Å²) >= 11 is 0. The minimum atomic E-state index is -1.71. The van der Waals surface area contributed by atoms with E-state index in [-0.39, 0.29) is 19.0 Å². The van der Waals surface area contributed by atoms with E-state index >= 15 is 0 Å². The zero-order chi connectivity index (χ0) is 19.7. The van der Waals surface area contributed by atoms with Crippen molar-refractivity contribution in [2.45, 2.75) is 18.5 Å². The quantitative estimate of drug-likeness (QED) is 0.489. The molecule has 1 atom stereocenters. The van der Waals surface area contributed by atoms with Gasteiger partial charge in [-0.3, -0.25) is 19.3 Å². The molecule has 0 saturated carbocycles. The molecular weight excluding hydrogens is 354 g/mol. The number of para-hydroxylation sites is 1. The minimum absolute atomic E-state index is 0.0333. The topological polar surface area (TPSA) is 69.7 Å². The largest absolute Gasteiger partial charge is 0.349 e. The van der Waals surface area contributed by atoms with E-state index in [1.807, 2.05) is 30.3 Å². The maximum atomic E-state index is 13.5. The minimum Gasteiger partial charge on any atom is -0.349 e. The van der Waals surface area contributed by atoms with Crippen LogP contribution < -0.4 is 10.2 Å². The van der Waals surface area contributed by atoms with Gasteiger partial charge in [0.1, 0.15) is 0 Å². The number of rotatable bonds is 5. The zero-order valence-corrected chi connectivity index (χ0v) is 15.2. The van der Waals surface area contributed by atoms with E-state index < -0.39 is 17.4 Å². The molecule has 0 aromatic heterocycles. The maximum Gasteiger partial charge on any atom is 0.268 e. The number of fused-ring (bicyclic) bond motifs is 1. The van der Waals surface area contributed by atoms with Crippen LogP contribution in [0.2, 0.25) is 0 Å². The van der Waals surface area contributed by atoms with Crippen molar-refractivity contribution in [2.24, 2.45) is 0 Å². The summed E-state index contributed by atoms with van der Waals surface area (Å²) in [6.07, 6.45) is 5.77. The molecule has 6 nitrogen and oxygen atoms in total. The van der Waals surface area contributed by atoms with Crippen LogP contribution in [0.15, 0.2) is 54.6 Å². The summed E-state index contributed by atoms with van der Waals surface area (Å²) in [6.45, 7) is 0.640. The Balaban J connectivity index is 1.77. The third-order valence-electron chi connectivity index (χ3n) is 5.27. The molecule has 0 spiro atoms. The van der Waals surface area contributed by atoms with Gasteiger partial charge in [0, 0.05) is 25.1 Å². The van der Waals surface area contributed by atoms with Crippen molar-refractivity contribution in [1.29, 1.82) is 0 Å². The molecule has 1 fully saturated rings. The highest BCUT2D eigenvalue weighted by Gasteiger charge is 2.63. The van der Waals surface area contributed by atoms with Crippen LogP contribution in [-0.4, -0.2) is 35.7 Å². The van der Waals surface area contributed by atoms with Gasteiger partial charge in [0.05, 0.1) is 12.2 Å². The summed E-state index contributed by atoms with van der Waals surface area (Å²) in [5, 5.41) is 2.85. The summed E-state index contributed by atoms with van der Waals surface area (Å²) in [4.78, 5) is 42.0. The first kappa shape index (κ1) is 17.8. The predicted octanol–water partition coefficient (Wildman–Crippen LogP) is 1.41. The summed E-state index contributed by atoms with van der Waals surface area (Å²) in [5.41, 5.74) is 0.256. The number of hydrogen-bond donors (Lipinski definition) is 1. The molecule has 3 amide bonds. The standard InChI is InChI=1S/C22H19N3O3/c1-2-13-24-18-11-7-6-10-17(18)22(21(24)28,25-14-12-19(25)26)20(27)23-15-16-8-4-3-5-9-16/h1,3-11H,12-15H2,(H,23,27). The van der Waals surface area contributed by atoms with Crippen molar-refractivity contribution in [2.75, 3.05) is 18.0 Å². The molecule has 1 N–H and O–H groups in total. The van der Waals surface area contributed by atoms with Gasteiger partial charge in [0.25, 0.3) is 11.8 Å². The Morgan fingerprint density at radius 2 is 1.82 bits per heavy atom. The SMILES string of the molecule is C#CCN1C(=O)C(C(=O)NCc2ccccc2)(N2CCC2=O)c2ccccc21. The van der Waals surface area contributed by atoms with Crippen LogP contribution in [0.4, 0.5) is 5.69 Å². The van der Waals surface area contributed by atoms with Gasteiger partial charge in [-0.1, -0.05) is 54.5 Å². The molecule has 2 aromatic rings. The van der Waals surface area contributed by atoms with Crippen molar-refractivity contribution in [3.63, 3.8) is 0 Å². The fourth-order valence-corrected chi connectivity index (χ4v) is 3.86. The number of anilines is 1. The second-order valence-electron chi connectivity index (χ2n) is 6.79. The molecule has 2 aromatic carbocycles. The zero-order valence-electron chi connectivity index (χ0n) is 15.2. The number of carbonyl (C=O) groups excluding carboxylic acids is 3. The molecule has 2 aliphatic heterocycles. The Morgan fingerprint density at radius 3 is 2.46 bits per heavy atom. The van der Waals surface area contributed by atoms with E-state index in [2.05, 4.69) is 11.2 Å². The molecule has 1 saturated heterocycles. The molecule has 0 radical (unpaired) electrons. The highest BCUT2D eigenvalue weighted by Crippen LogP contribution is 2.46. The third-order valence-corrected chi connectivity index (χ3v) is 5.27. The Morgan fingerprint density at radius 1 is 1.11 bits per heavy atom. The van der Waals surface area contributed by atoms with Crippen molar-refractivity contribution in [1.82, 2.24) is 10.2 Å². The lowest BCUT2D eigenvalue weighted by Crippen LogP contribution is -2.67. The van der Waals surface area contributed by atoms with Crippen LogP contribution in [0, 0.1) is 12.3 Å². The molecule has 2 heterocycles. The van der Waals surface area contributed by atoms with Crippen molar-refractivity contribution in [3.8, 4) is 12.3 Å². The molecule has 1 unspecified atom stereocenters. The van der Waals surface area contributed by atoms with Gasteiger partial charge in [-0.15, -0.1) is 6.42 Å². The summed E-state index contributed by atoms with van der Waals surface area (Å²) in [7, 11) is 0. The van der Waals surface area contributed by atoms with Gasteiger partial charge >= 0.3 is 0 Å². The van der Waals surface area contributed by atoms with Crippen LogP contribution in [0.1, 0.15) is 17.5 Å². The van der Waals surface area contributed by atoms with Gasteiger partial charge in [-0.05, 0) is 11.6 Å². The lowest BCUT2D eigenvalue weighted by atomic mass is 9.85. The monoisotopic (exact) mass is 373 g/mol. The van der Waals surface area contributed by atoms with Gasteiger partial charge in [-0.25, -0.2) is 0 Å². The first-order valence-electron chi connectivity index (χ1n) is 9.08. The third kappa shape index (κ3) is 2.48. The lowest BCUT2D eigenvalue weighted by molar-refractivity contribution is -0.163. The first-order chi connectivity index (χ1) is 13.6. The summed E-state index contributed by atoms with van der Waals surface area (Å²) < 4.78 is 0. The fourth-order valence-electron chi connectivity index (χ4n) is 3.86. The van der Waals surface area contributed by atoms with E-state index in [1.54, 1.807) is 24.3 Å². The average Bonchev–Trinajstić information content (AvgIpc) is 2.96. The van der Waals surface area contributed by atoms with Crippen LogP contribution >= 0.6 is 0 Å². The van der Waals surface area contributed by atoms with Gasteiger partial charge < -0.3 is 10.2 Å². The van der Waals surface area contributed by atoms with Gasteiger partial charge in [-0.2, -0.15) is 0 Å². The van der Waals surface area contributed by atoms with E-state index in [0.29, 0.717) is 24.2 Å². The van der Waals surface area contributed by atoms with E-state index in [4.69, 9.17) is 6.42 Å². The first-order valence-corrected chi connectivity index (χ1v) is 9.08. The number of nitrogens with one attached hydrogen (secondary N) is 1. The number of hydrogen-bond acceptors (Lipinski definition) is 3. The van der Waals surface area contributed by atoms with Gasteiger partial charge in [0.2, 0.25) is 11.4 Å². The number of nitrogens with zero attached hydrogens (tertiary/aromatic N) is 2. The fraction of sp³-hybridized carbons (Fsp3) is 0.227. The summed E-state index contributed by atoms with van der Waals surface area (Å²) in [5.74, 6) is 1.26. The van der Waals surface area contributed by atoms with E-state index in [1.165, 1.54) is 9.80 Å². The lowest BCUT2D eigenvalue weighted by Gasteiger charge is -2.43. The maximum absolute atomic E-state index is 13.5. The molecule has 0 bridgehead atoms. The number of likely N-dealkylation sites (tertiary alicyclic amines) is 1. The number of terminal acetylenes is 1. The van der Waals surface area contributed by atoms with Crippen molar-refractivity contribution >= 4 is 23.4 Å². The van der Waals surface area contributed by atoms with Crippen LogP contribution in [0.5, 0.6) is 0 Å². The molecule has 140 valence electrons. The molecule has 4 rings (SSSR count). The number of carbonyl (C=O) groups is 3. The second-order valence-corrected chi connectivity index (χ2v) is 6.79. The Bertz CT molecular complexity index is 996. The number of amides is 3. The molecule has 2 aliphatic rings. The second kappa shape index (κ2) is 6.86. The average molecular weight is 373 g/mol. The van der Waals surface area contributed by atoms with Crippen molar-refractivity contribution < 1.29 is 14.4 Å². The van der Waals surface area contributed by atoms with Gasteiger partial charge in [0.15, 0.2) is 0 Å².